The van der Waals surface area contributed by atoms with Crippen LogP contribution in [0.4, 0.5) is 0 Å². The van der Waals surface area contributed by atoms with E-state index in [1.807, 2.05) is 30.3 Å². The third-order valence-electron chi connectivity index (χ3n) is 4.22. The Morgan fingerprint density at radius 3 is 1.90 bits per heavy atom. The van der Waals surface area contributed by atoms with E-state index in [4.69, 9.17) is 0 Å². The standard InChI is InChI=1S/C18H21BrO2/c1-13-4-3-5-14(2)17(13)10-18(11-20,12-21)15-6-8-16(19)9-7-15/h3-9,20-21H,10-12H2,1-2H3. The molecule has 0 radical (unpaired) electrons. The van der Waals surface area contributed by atoms with Crippen LogP contribution in [0, 0.1) is 13.8 Å². The van der Waals surface area contributed by atoms with E-state index in [0.29, 0.717) is 6.42 Å². The fourth-order valence-electron chi connectivity index (χ4n) is 2.72. The van der Waals surface area contributed by atoms with Crippen LogP contribution >= 0.6 is 15.9 Å². The number of hydrogen-bond donors (Lipinski definition) is 2. The molecule has 0 saturated carbocycles. The summed E-state index contributed by atoms with van der Waals surface area (Å²) in [5.41, 5.74) is 3.89. The molecule has 0 aliphatic heterocycles. The molecule has 3 heteroatoms. The average molecular weight is 349 g/mol. The molecule has 2 rings (SSSR count). The summed E-state index contributed by atoms with van der Waals surface area (Å²) in [6, 6.07) is 14.0. The van der Waals surface area contributed by atoms with Gasteiger partial charge in [-0.1, -0.05) is 46.3 Å². The Kier molecular flexibility index (Phi) is 5.20. The van der Waals surface area contributed by atoms with Gasteiger partial charge in [-0.15, -0.1) is 0 Å². The van der Waals surface area contributed by atoms with Crippen LogP contribution in [0.15, 0.2) is 46.9 Å². The van der Waals surface area contributed by atoms with Crippen LogP contribution in [0.3, 0.4) is 0 Å². The molecule has 21 heavy (non-hydrogen) atoms. The second-order valence-electron chi connectivity index (χ2n) is 5.65. The lowest BCUT2D eigenvalue weighted by atomic mass is 9.75. The van der Waals surface area contributed by atoms with E-state index >= 15 is 0 Å². The molecule has 0 aliphatic rings. The van der Waals surface area contributed by atoms with E-state index in [9.17, 15) is 10.2 Å². The van der Waals surface area contributed by atoms with Crippen LogP contribution in [-0.4, -0.2) is 23.4 Å². The van der Waals surface area contributed by atoms with Crippen molar-refractivity contribution < 1.29 is 10.2 Å². The smallest absolute Gasteiger partial charge is 0.0553 e. The lowest BCUT2D eigenvalue weighted by molar-refractivity contribution is 0.116. The van der Waals surface area contributed by atoms with Crippen molar-refractivity contribution in [2.75, 3.05) is 13.2 Å². The molecular formula is C18H21BrO2. The zero-order valence-corrected chi connectivity index (χ0v) is 14.0. The van der Waals surface area contributed by atoms with Crippen LogP contribution in [0.25, 0.3) is 0 Å². The molecule has 2 aromatic carbocycles. The normalized spacial score (nSPS) is 11.7. The number of rotatable bonds is 5. The molecule has 0 unspecified atom stereocenters. The van der Waals surface area contributed by atoms with Crippen molar-refractivity contribution >= 4 is 15.9 Å². The summed E-state index contributed by atoms with van der Waals surface area (Å²) in [6.45, 7) is 3.98. The molecular weight excluding hydrogens is 328 g/mol. The van der Waals surface area contributed by atoms with Gasteiger partial charge >= 0.3 is 0 Å². The largest absolute Gasteiger partial charge is 0.395 e. The minimum Gasteiger partial charge on any atom is -0.395 e. The monoisotopic (exact) mass is 348 g/mol. The van der Waals surface area contributed by atoms with Crippen LogP contribution in [0.2, 0.25) is 0 Å². The Morgan fingerprint density at radius 1 is 0.905 bits per heavy atom. The highest BCUT2D eigenvalue weighted by molar-refractivity contribution is 9.10. The highest BCUT2D eigenvalue weighted by atomic mass is 79.9. The second-order valence-corrected chi connectivity index (χ2v) is 6.57. The highest BCUT2D eigenvalue weighted by Gasteiger charge is 2.32. The van der Waals surface area contributed by atoms with Gasteiger partial charge in [0.05, 0.1) is 13.2 Å². The maximum Gasteiger partial charge on any atom is 0.0553 e. The molecule has 0 aromatic heterocycles. The van der Waals surface area contributed by atoms with Gasteiger partial charge in [0.25, 0.3) is 0 Å². The van der Waals surface area contributed by atoms with Crippen LogP contribution in [-0.2, 0) is 11.8 Å². The maximum atomic E-state index is 9.97. The SMILES string of the molecule is Cc1cccc(C)c1CC(CO)(CO)c1ccc(Br)cc1. The molecule has 0 atom stereocenters. The quantitative estimate of drug-likeness (QED) is 0.867. The number of halogens is 1. The van der Waals surface area contributed by atoms with E-state index in [2.05, 4.69) is 41.9 Å². The van der Waals surface area contributed by atoms with Gasteiger partial charge in [0.1, 0.15) is 0 Å². The third kappa shape index (κ3) is 3.37. The van der Waals surface area contributed by atoms with Gasteiger partial charge in [-0.2, -0.15) is 0 Å². The number of hydrogen-bond acceptors (Lipinski definition) is 2. The molecule has 0 aliphatic carbocycles. The topological polar surface area (TPSA) is 40.5 Å². The molecule has 0 amide bonds. The Hall–Kier alpha value is -1.16. The molecule has 0 saturated heterocycles. The van der Waals surface area contributed by atoms with E-state index in [-0.39, 0.29) is 13.2 Å². The predicted molar refractivity (Wildman–Crippen MR) is 89.6 cm³/mol. The summed E-state index contributed by atoms with van der Waals surface area (Å²) in [5.74, 6) is 0. The summed E-state index contributed by atoms with van der Waals surface area (Å²) in [6.07, 6.45) is 0.625. The van der Waals surface area contributed by atoms with Crippen molar-refractivity contribution in [1.82, 2.24) is 0 Å². The first kappa shape index (κ1) is 16.2. The van der Waals surface area contributed by atoms with Gasteiger partial charge in [0.15, 0.2) is 0 Å². The fourth-order valence-corrected chi connectivity index (χ4v) is 2.98. The highest BCUT2D eigenvalue weighted by Crippen LogP contribution is 2.31. The van der Waals surface area contributed by atoms with Gasteiger partial charge < -0.3 is 10.2 Å². The fraction of sp³-hybridized carbons (Fsp3) is 0.333. The minimum atomic E-state index is -0.655. The van der Waals surface area contributed by atoms with E-state index in [1.54, 1.807) is 0 Å². The lowest BCUT2D eigenvalue weighted by Crippen LogP contribution is -2.37. The maximum absolute atomic E-state index is 9.97. The Bertz CT molecular complexity index is 581. The molecule has 2 N–H and O–H groups in total. The van der Waals surface area contributed by atoms with E-state index in [1.165, 1.54) is 16.7 Å². The Morgan fingerprint density at radius 2 is 1.43 bits per heavy atom. The number of aliphatic hydroxyl groups is 2. The predicted octanol–water partition coefficient (Wildman–Crippen LogP) is 3.53. The zero-order chi connectivity index (χ0) is 15.5. The molecule has 0 heterocycles. The summed E-state index contributed by atoms with van der Waals surface area (Å²) in [4.78, 5) is 0. The van der Waals surface area contributed by atoms with Gasteiger partial charge in [0.2, 0.25) is 0 Å². The lowest BCUT2D eigenvalue weighted by Gasteiger charge is -2.32. The summed E-state index contributed by atoms with van der Waals surface area (Å²) in [7, 11) is 0. The van der Waals surface area contributed by atoms with Crippen molar-refractivity contribution in [1.29, 1.82) is 0 Å². The first-order valence-corrected chi connectivity index (χ1v) is 7.84. The van der Waals surface area contributed by atoms with Gasteiger partial charge in [-0.05, 0) is 54.7 Å². The van der Waals surface area contributed by atoms with Gasteiger partial charge in [-0.3, -0.25) is 0 Å². The van der Waals surface area contributed by atoms with Crippen molar-refractivity contribution in [3.05, 3.63) is 69.2 Å². The number of benzene rings is 2. The van der Waals surface area contributed by atoms with Crippen molar-refractivity contribution in [3.63, 3.8) is 0 Å². The number of aryl methyl sites for hydroxylation is 2. The van der Waals surface area contributed by atoms with Gasteiger partial charge in [-0.25, -0.2) is 0 Å². The summed E-state index contributed by atoms with van der Waals surface area (Å²) in [5, 5.41) is 19.9. The van der Waals surface area contributed by atoms with Crippen molar-refractivity contribution in [3.8, 4) is 0 Å². The molecule has 2 nitrogen and oxygen atoms in total. The van der Waals surface area contributed by atoms with Crippen LogP contribution < -0.4 is 0 Å². The van der Waals surface area contributed by atoms with Crippen LogP contribution in [0.1, 0.15) is 22.3 Å². The molecule has 2 aromatic rings. The second kappa shape index (κ2) is 6.73. The van der Waals surface area contributed by atoms with Gasteiger partial charge in [0, 0.05) is 9.89 Å². The third-order valence-corrected chi connectivity index (χ3v) is 4.75. The average Bonchev–Trinajstić information content (AvgIpc) is 2.49. The summed E-state index contributed by atoms with van der Waals surface area (Å²) < 4.78 is 0.989. The summed E-state index contributed by atoms with van der Waals surface area (Å²) >= 11 is 3.42. The van der Waals surface area contributed by atoms with Crippen molar-refractivity contribution in [2.24, 2.45) is 0 Å². The molecule has 112 valence electrons. The molecule has 0 fully saturated rings. The molecule has 0 bridgehead atoms. The van der Waals surface area contributed by atoms with E-state index in [0.717, 1.165) is 10.0 Å². The first-order valence-electron chi connectivity index (χ1n) is 7.05. The minimum absolute atomic E-state index is 0.0844. The first-order chi connectivity index (χ1) is 10.0. The van der Waals surface area contributed by atoms with Crippen molar-refractivity contribution in [2.45, 2.75) is 25.7 Å². The zero-order valence-electron chi connectivity index (χ0n) is 12.4. The Labute approximate surface area is 134 Å². The van der Waals surface area contributed by atoms with E-state index < -0.39 is 5.41 Å². The molecule has 0 spiro atoms. The van der Waals surface area contributed by atoms with Crippen LogP contribution in [0.5, 0.6) is 0 Å². The number of aliphatic hydroxyl groups excluding tert-OH is 2. The Balaban J connectivity index is 2.45.